The Morgan fingerprint density at radius 1 is 0.885 bits per heavy atom. The van der Waals surface area contributed by atoms with Gasteiger partial charge >= 0.3 is 0 Å². The zero-order chi connectivity index (χ0) is 17.1. The van der Waals surface area contributed by atoms with E-state index in [0.717, 1.165) is 34.7 Å². The molecule has 3 nitrogen and oxygen atoms in total. The van der Waals surface area contributed by atoms with Gasteiger partial charge in [0, 0.05) is 5.56 Å². The number of aryl methyl sites for hydroxylation is 1. The van der Waals surface area contributed by atoms with Crippen LogP contribution in [0.1, 0.15) is 5.56 Å². The lowest BCUT2D eigenvalue weighted by molar-refractivity contribution is -0.00000553. The van der Waals surface area contributed by atoms with Crippen molar-refractivity contribution in [2.24, 2.45) is 0 Å². The standard InChI is InChI=1S/C22H20N2O.ClH/c1-17-8-7-9-18(16-17)22-23-20-12-5-6-13-21(20)24(22)14-15-25-19-10-3-2-4-11-19;/h2-13,16H,14-15H2,1H3;1H/p-1. The van der Waals surface area contributed by atoms with Gasteiger partial charge in [-0.2, -0.15) is 0 Å². The molecule has 0 radical (unpaired) electrons. The minimum absolute atomic E-state index is 0. The topological polar surface area (TPSA) is 27.1 Å². The number of para-hydroxylation sites is 3. The summed E-state index contributed by atoms with van der Waals surface area (Å²) in [6.45, 7) is 3.46. The lowest BCUT2D eigenvalue weighted by Crippen LogP contribution is -3.00. The van der Waals surface area contributed by atoms with Crippen LogP contribution in [0, 0.1) is 6.92 Å². The van der Waals surface area contributed by atoms with E-state index in [9.17, 15) is 0 Å². The Hall–Kier alpha value is -2.78. The Kier molecular flexibility index (Phi) is 5.59. The molecule has 0 aliphatic carbocycles. The Morgan fingerprint density at radius 2 is 1.65 bits per heavy atom. The number of hydrogen-bond donors (Lipinski definition) is 0. The molecule has 0 amide bonds. The predicted octanol–water partition coefficient (Wildman–Crippen LogP) is 2.09. The Labute approximate surface area is 159 Å². The normalized spacial score (nSPS) is 10.5. The summed E-state index contributed by atoms with van der Waals surface area (Å²) in [5.74, 6) is 1.88. The van der Waals surface area contributed by atoms with Crippen LogP contribution in [-0.4, -0.2) is 16.2 Å². The fourth-order valence-corrected chi connectivity index (χ4v) is 3.08. The number of rotatable bonds is 5. The van der Waals surface area contributed by atoms with Crippen LogP contribution < -0.4 is 17.1 Å². The fourth-order valence-electron chi connectivity index (χ4n) is 3.08. The zero-order valence-electron chi connectivity index (χ0n) is 14.6. The van der Waals surface area contributed by atoms with Crippen molar-refractivity contribution in [2.75, 3.05) is 6.61 Å². The van der Waals surface area contributed by atoms with Crippen molar-refractivity contribution < 1.29 is 17.1 Å². The van der Waals surface area contributed by atoms with Crippen molar-refractivity contribution in [1.29, 1.82) is 0 Å². The van der Waals surface area contributed by atoms with Gasteiger partial charge in [0.25, 0.3) is 0 Å². The third-order valence-electron chi connectivity index (χ3n) is 4.26. The lowest BCUT2D eigenvalue weighted by Gasteiger charge is -2.11. The SMILES string of the molecule is Cc1cccc(-c2nc3ccccc3n2CCOc2ccccc2)c1.[Cl-]. The summed E-state index contributed by atoms with van der Waals surface area (Å²) in [4.78, 5) is 4.86. The summed E-state index contributed by atoms with van der Waals surface area (Å²) in [6, 6.07) is 26.7. The van der Waals surface area contributed by atoms with E-state index in [0.29, 0.717) is 6.61 Å². The third-order valence-corrected chi connectivity index (χ3v) is 4.26. The molecule has 3 aromatic carbocycles. The lowest BCUT2D eigenvalue weighted by atomic mass is 10.1. The van der Waals surface area contributed by atoms with Gasteiger partial charge in [-0.3, -0.25) is 0 Å². The molecule has 1 heterocycles. The highest BCUT2D eigenvalue weighted by atomic mass is 35.5. The Morgan fingerprint density at radius 3 is 2.46 bits per heavy atom. The van der Waals surface area contributed by atoms with Crippen LogP contribution in [0.3, 0.4) is 0 Å². The van der Waals surface area contributed by atoms with E-state index in [4.69, 9.17) is 9.72 Å². The number of nitrogens with zero attached hydrogens (tertiary/aromatic N) is 2. The number of imidazole rings is 1. The molecule has 0 spiro atoms. The highest BCUT2D eigenvalue weighted by molar-refractivity contribution is 5.80. The second kappa shape index (κ2) is 8.07. The molecule has 26 heavy (non-hydrogen) atoms. The van der Waals surface area contributed by atoms with Crippen molar-refractivity contribution in [3.05, 3.63) is 84.4 Å². The van der Waals surface area contributed by atoms with Crippen molar-refractivity contribution in [2.45, 2.75) is 13.5 Å². The van der Waals surface area contributed by atoms with Crippen LogP contribution in [0.4, 0.5) is 0 Å². The van der Waals surface area contributed by atoms with Crippen LogP contribution in [0.15, 0.2) is 78.9 Å². The molecule has 0 saturated carbocycles. The molecule has 0 atom stereocenters. The van der Waals surface area contributed by atoms with E-state index in [1.165, 1.54) is 5.56 Å². The molecule has 4 aromatic rings. The second-order valence-corrected chi connectivity index (χ2v) is 6.11. The summed E-state index contributed by atoms with van der Waals surface area (Å²) >= 11 is 0. The Bertz CT molecular complexity index is 995. The largest absolute Gasteiger partial charge is 1.00 e. The first-order valence-electron chi connectivity index (χ1n) is 8.51. The maximum atomic E-state index is 5.89. The average Bonchev–Trinajstić information content (AvgIpc) is 3.02. The fraction of sp³-hybridized carbons (Fsp3) is 0.136. The molecule has 0 N–H and O–H groups in total. The molecule has 1 aromatic heterocycles. The monoisotopic (exact) mass is 363 g/mol. The zero-order valence-corrected chi connectivity index (χ0v) is 15.4. The van der Waals surface area contributed by atoms with Gasteiger partial charge in [-0.1, -0.05) is 54.1 Å². The summed E-state index contributed by atoms with van der Waals surface area (Å²) in [5.41, 5.74) is 4.52. The number of ether oxygens (including phenoxy) is 1. The van der Waals surface area contributed by atoms with Gasteiger partial charge in [0.1, 0.15) is 18.2 Å². The minimum Gasteiger partial charge on any atom is -1.00 e. The molecule has 4 heteroatoms. The minimum atomic E-state index is 0. The number of fused-ring (bicyclic) bond motifs is 1. The molecule has 0 unspecified atom stereocenters. The quantitative estimate of drug-likeness (QED) is 0.543. The highest BCUT2D eigenvalue weighted by Crippen LogP contribution is 2.25. The van der Waals surface area contributed by atoms with E-state index < -0.39 is 0 Å². The van der Waals surface area contributed by atoms with Crippen molar-refractivity contribution >= 4 is 11.0 Å². The van der Waals surface area contributed by atoms with Gasteiger partial charge in [0.2, 0.25) is 0 Å². The molecule has 0 saturated heterocycles. The van der Waals surface area contributed by atoms with Crippen LogP contribution in [0.5, 0.6) is 5.75 Å². The molecule has 132 valence electrons. The first-order chi connectivity index (χ1) is 12.3. The third kappa shape index (κ3) is 3.73. The van der Waals surface area contributed by atoms with E-state index >= 15 is 0 Å². The van der Waals surface area contributed by atoms with E-state index in [1.807, 2.05) is 36.4 Å². The van der Waals surface area contributed by atoms with Gasteiger partial charge in [-0.25, -0.2) is 4.98 Å². The number of aromatic nitrogens is 2. The summed E-state index contributed by atoms with van der Waals surface area (Å²) < 4.78 is 8.14. The maximum Gasteiger partial charge on any atom is 0.141 e. The second-order valence-electron chi connectivity index (χ2n) is 6.11. The summed E-state index contributed by atoms with van der Waals surface area (Å²) in [5, 5.41) is 0. The van der Waals surface area contributed by atoms with Crippen LogP contribution in [0.25, 0.3) is 22.4 Å². The molecular weight excluding hydrogens is 344 g/mol. The number of benzene rings is 3. The van der Waals surface area contributed by atoms with Crippen LogP contribution >= 0.6 is 0 Å². The molecule has 0 aliphatic heterocycles. The number of halogens is 1. The van der Waals surface area contributed by atoms with E-state index in [-0.39, 0.29) is 12.4 Å². The van der Waals surface area contributed by atoms with Crippen LogP contribution in [0.2, 0.25) is 0 Å². The smallest absolute Gasteiger partial charge is 0.141 e. The molecule has 4 rings (SSSR count). The van der Waals surface area contributed by atoms with Crippen molar-refractivity contribution in [3.63, 3.8) is 0 Å². The van der Waals surface area contributed by atoms with E-state index in [2.05, 4.69) is 54.0 Å². The summed E-state index contributed by atoms with van der Waals surface area (Å²) in [7, 11) is 0. The maximum absolute atomic E-state index is 5.89. The Balaban J connectivity index is 0.00000196. The number of hydrogen-bond acceptors (Lipinski definition) is 2. The van der Waals surface area contributed by atoms with Gasteiger partial charge in [-0.05, 0) is 37.3 Å². The van der Waals surface area contributed by atoms with Crippen molar-refractivity contribution in [3.8, 4) is 17.1 Å². The molecule has 0 aliphatic rings. The predicted molar refractivity (Wildman–Crippen MR) is 102 cm³/mol. The van der Waals surface area contributed by atoms with Crippen LogP contribution in [-0.2, 0) is 6.54 Å². The highest BCUT2D eigenvalue weighted by Gasteiger charge is 2.12. The average molecular weight is 364 g/mol. The molecular formula is C22H20ClN2O-. The van der Waals surface area contributed by atoms with E-state index in [1.54, 1.807) is 0 Å². The molecule has 0 fully saturated rings. The summed E-state index contributed by atoms with van der Waals surface area (Å²) in [6.07, 6.45) is 0. The van der Waals surface area contributed by atoms with Gasteiger partial charge < -0.3 is 21.7 Å². The molecule has 0 bridgehead atoms. The van der Waals surface area contributed by atoms with Gasteiger partial charge in [0.05, 0.1) is 17.6 Å². The first-order valence-corrected chi connectivity index (χ1v) is 8.51. The van der Waals surface area contributed by atoms with Crippen molar-refractivity contribution in [1.82, 2.24) is 9.55 Å². The first kappa shape index (κ1) is 18.0. The van der Waals surface area contributed by atoms with Gasteiger partial charge in [0.15, 0.2) is 0 Å². The van der Waals surface area contributed by atoms with Gasteiger partial charge in [-0.15, -0.1) is 0 Å².